The normalized spacial score (nSPS) is 11.9. The van der Waals surface area contributed by atoms with Crippen molar-refractivity contribution in [3.63, 3.8) is 0 Å². The molecule has 0 radical (unpaired) electrons. The quantitative estimate of drug-likeness (QED) is 0.0734. The van der Waals surface area contributed by atoms with Crippen molar-refractivity contribution in [2.45, 2.75) is 58.0 Å². The lowest BCUT2D eigenvalue weighted by molar-refractivity contribution is -0.141. The first-order valence-corrected chi connectivity index (χ1v) is 17.2. The highest BCUT2D eigenvalue weighted by molar-refractivity contribution is 5.69. The van der Waals surface area contributed by atoms with Crippen LogP contribution in [-0.4, -0.2) is 94.1 Å². The Kier molecular flexibility index (Phi) is 19.1. The van der Waals surface area contributed by atoms with Crippen LogP contribution in [0, 0.1) is 0 Å². The molecule has 0 aliphatic carbocycles. The fourth-order valence-corrected chi connectivity index (χ4v) is 5.03. The molecule has 3 aromatic rings. The van der Waals surface area contributed by atoms with E-state index in [2.05, 4.69) is 87.9 Å². The van der Waals surface area contributed by atoms with Crippen LogP contribution in [0.25, 0.3) is 0 Å². The van der Waals surface area contributed by atoms with Crippen LogP contribution in [0.1, 0.15) is 62.7 Å². The molecular formula is C37H57N5O6. The van der Waals surface area contributed by atoms with Crippen molar-refractivity contribution in [3.8, 4) is 5.75 Å². The van der Waals surface area contributed by atoms with Gasteiger partial charge in [-0.25, -0.2) is 0 Å². The number of hydrogen-bond donors (Lipinski definition) is 2. The molecule has 0 aliphatic rings. The number of unbranched alkanes of at least 4 members (excludes halogenated alkanes) is 3. The first-order valence-electron chi connectivity index (χ1n) is 17.2. The van der Waals surface area contributed by atoms with Crippen molar-refractivity contribution in [1.82, 2.24) is 14.7 Å². The summed E-state index contributed by atoms with van der Waals surface area (Å²) in [6.45, 7) is 8.94. The van der Waals surface area contributed by atoms with Crippen LogP contribution in [0.5, 0.6) is 5.75 Å². The molecule has 1 atom stereocenters. The van der Waals surface area contributed by atoms with Crippen LogP contribution in [0.4, 0.5) is 11.4 Å². The first kappa shape index (κ1) is 38.8. The number of nitrogens with zero attached hydrogens (tertiary/aromatic N) is 3. The van der Waals surface area contributed by atoms with Gasteiger partial charge in [0.15, 0.2) is 0 Å². The molecule has 0 spiro atoms. The number of carbonyl (C=O) groups excluding carboxylic acids is 1. The van der Waals surface area contributed by atoms with Crippen molar-refractivity contribution in [3.05, 3.63) is 72.1 Å². The Labute approximate surface area is 287 Å². The lowest BCUT2D eigenvalue weighted by Crippen LogP contribution is -2.25. The second-order valence-corrected chi connectivity index (χ2v) is 11.9. The summed E-state index contributed by atoms with van der Waals surface area (Å²) in [4.78, 5) is 13.3. The van der Waals surface area contributed by atoms with Crippen molar-refractivity contribution < 1.29 is 28.5 Å². The maximum absolute atomic E-state index is 11.0. The minimum absolute atomic E-state index is 0.135. The van der Waals surface area contributed by atoms with Gasteiger partial charge in [-0.05, 0) is 81.6 Å². The molecule has 0 unspecified atom stereocenters. The number of esters is 1. The molecule has 48 heavy (non-hydrogen) atoms. The van der Waals surface area contributed by atoms with E-state index >= 15 is 0 Å². The summed E-state index contributed by atoms with van der Waals surface area (Å²) in [6.07, 6.45) is 7.28. The highest BCUT2D eigenvalue weighted by atomic mass is 16.5. The topological polar surface area (TPSA) is 108 Å². The van der Waals surface area contributed by atoms with Gasteiger partial charge in [0.2, 0.25) is 0 Å². The molecule has 0 bridgehead atoms. The van der Waals surface area contributed by atoms with Gasteiger partial charge in [0.05, 0.1) is 45.8 Å². The van der Waals surface area contributed by atoms with Crippen LogP contribution in [0.3, 0.4) is 0 Å². The Morgan fingerprint density at radius 2 is 1.54 bits per heavy atom. The molecule has 2 N–H and O–H groups in total. The van der Waals surface area contributed by atoms with Crippen molar-refractivity contribution in [2.24, 2.45) is 7.05 Å². The van der Waals surface area contributed by atoms with Gasteiger partial charge in [0.25, 0.3) is 0 Å². The monoisotopic (exact) mass is 667 g/mol. The summed E-state index contributed by atoms with van der Waals surface area (Å²) in [5.41, 5.74) is 4.44. The standard InChI is InChI=1S/C37H57N5O6/c1-31(39-34-14-10-13-33(29-34)38-18-20-41(2)30-35-17-19-42(3)40-35)32-12-9-15-36(28-32)48-23-8-6-5-7-21-45-24-26-47-27-25-46-22-11-16-37(43)44-4/h9-10,12-15,17,19,28-29,31,38-39H,5-8,11,16,18,20-27,30H2,1-4H3/t31-/m1/s1. The third-order valence-corrected chi connectivity index (χ3v) is 7.72. The Balaban J connectivity index is 1.20. The van der Waals surface area contributed by atoms with E-state index in [0.29, 0.717) is 52.5 Å². The van der Waals surface area contributed by atoms with E-state index < -0.39 is 0 Å². The fraction of sp³-hybridized carbons (Fsp3) is 0.568. The van der Waals surface area contributed by atoms with Crippen LogP contribution in [0.15, 0.2) is 60.8 Å². The maximum atomic E-state index is 11.0. The zero-order valence-corrected chi connectivity index (χ0v) is 29.5. The summed E-state index contributed by atoms with van der Waals surface area (Å²) in [5, 5.41) is 11.6. The van der Waals surface area contributed by atoms with Gasteiger partial charge in [0, 0.05) is 69.9 Å². The Morgan fingerprint density at radius 1 is 0.854 bits per heavy atom. The van der Waals surface area contributed by atoms with Gasteiger partial charge in [-0.3, -0.25) is 14.4 Å². The molecule has 0 amide bonds. The molecule has 1 heterocycles. The molecule has 0 saturated heterocycles. The fourth-order valence-electron chi connectivity index (χ4n) is 5.03. The van der Waals surface area contributed by atoms with Crippen LogP contribution < -0.4 is 15.4 Å². The van der Waals surface area contributed by atoms with E-state index in [1.165, 1.54) is 12.7 Å². The lowest BCUT2D eigenvalue weighted by atomic mass is 10.1. The molecule has 2 aromatic carbocycles. The van der Waals surface area contributed by atoms with E-state index in [-0.39, 0.29) is 12.0 Å². The van der Waals surface area contributed by atoms with Gasteiger partial charge < -0.3 is 34.3 Å². The maximum Gasteiger partial charge on any atom is 0.305 e. The second kappa shape index (κ2) is 23.6. The average molecular weight is 668 g/mol. The van der Waals surface area contributed by atoms with E-state index in [4.69, 9.17) is 18.9 Å². The minimum Gasteiger partial charge on any atom is -0.494 e. The van der Waals surface area contributed by atoms with E-state index in [1.54, 1.807) is 0 Å². The number of hydrogen-bond acceptors (Lipinski definition) is 10. The number of aryl methyl sites for hydroxylation is 1. The number of carbonyl (C=O) groups is 1. The molecule has 266 valence electrons. The molecular weight excluding hydrogens is 610 g/mol. The number of nitrogens with one attached hydrogen (secondary N) is 2. The molecule has 11 heteroatoms. The zero-order valence-electron chi connectivity index (χ0n) is 29.5. The highest BCUT2D eigenvalue weighted by Gasteiger charge is 2.08. The lowest BCUT2D eigenvalue weighted by Gasteiger charge is -2.19. The van der Waals surface area contributed by atoms with E-state index in [9.17, 15) is 4.79 Å². The SMILES string of the molecule is COC(=O)CCCOCCOCCOCCCCCCOc1cccc([C@@H](C)Nc2cccc(NCCN(C)Cc3ccn(C)n3)c2)c1. The molecule has 0 saturated carbocycles. The Hall–Kier alpha value is -3.64. The second-order valence-electron chi connectivity index (χ2n) is 11.9. The predicted octanol–water partition coefficient (Wildman–Crippen LogP) is 6.08. The minimum atomic E-state index is -0.208. The van der Waals surface area contributed by atoms with Crippen LogP contribution >= 0.6 is 0 Å². The Bertz CT molecular complexity index is 1290. The molecule has 3 rings (SSSR count). The number of ether oxygens (including phenoxy) is 5. The van der Waals surface area contributed by atoms with Gasteiger partial charge in [-0.15, -0.1) is 0 Å². The zero-order chi connectivity index (χ0) is 34.2. The van der Waals surface area contributed by atoms with Gasteiger partial charge in [0.1, 0.15) is 5.75 Å². The van der Waals surface area contributed by atoms with Gasteiger partial charge >= 0.3 is 5.97 Å². The van der Waals surface area contributed by atoms with Crippen molar-refractivity contribution in [2.75, 3.05) is 84.1 Å². The van der Waals surface area contributed by atoms with E-state index in [0.717, 1.165) is 74.7 Å². The number of likely N-dealkylation sites (N-methyl/N-ethyl adjacent to an activating group) is 1. The summed E-state index contributed by atoms with van der Waals surface area (Å²) >= 11 is 0. The third kappa shape index (κ3) is 17.0. The summed E-state index contributed by atoms with van der Waals surface area (Å²) in [5.74, 6) is 0.696. The first-order chi connectivity index (χ1) is 23.4. The van der Waals surface area contributed by atoms with Gasteiger partial charge in [-0.2, -0.15) is 5.10 Å². The average Bonchev–Trinajstić information content (AvgIpc) is 3.50. The molecule has 1 aromatic heterocycles. The summed E-state index contributed by atoms with van der Waals surface area (Å²) < 4.78 is 29.1. The summed E-state index contributed by atoms with van der Waals surface area (Å²) in [6, 6.07) is 19.0. The Morgan fingerprint density at radius 3 is 2.27 bits per heavy atom. The van der Waals surface area contributed by atoms with Crippen molar-refractivity contribution in [1.29, 1.82) is 0 Å². The third-order valence-electron chi connectivity index (χ3n) is 7.72. The molecule has 0 fully saturated rings. The number of anilines is 2. The van der Waals surface area contributed by atoms with Gasteiger partial charge in [-0.1, -0.05) is 24.6 Å². The molecule has 11 nitrogen and oxygen atoms in total. The number of aromatic nitrogens is 2. The van der Waals surface area contributed by atoms with Crippen LogP contribution in [-0.2, 0) is 37.3 Å². The smallest absolute Gasteiger partial charge is 0.305 e. The number of rotatable bonds is 27. The highest BCUT2D eigenvalue weighted by Crippen LogP contribution is 2.24. The van der Waals surface area contributed by atoms with E-state index in [1.807, 2.05) is 24.0 Å². The number of methoxy groups -OCH3 is 1. The number of benzene rings is 2. The largest absolute Gasteiger partial charge is 0.494 e. The summed E-state index contributed by atoms with van der Waals surface area (Å²) in [7, 11) is 5.45. The van der Waals surface area contributed by atoms with Crippen molar-refractivity contribution >= 4 is 17.3 Å². The predicted molar refractivity (Wildman–Crippen MR) is 191 cm³/mol. The van der Waals surface area contributed by atoms with Crippen LogP contribution in [0.2, 0.25) is 0 Å². The molecule has 0 aliphatic heterocycles.